The summed E-state index contributed by atoms with van der Waals surface area (Å²) in [5.74, 6) is -1.53. The number of fused-ring (bicyclic) bond motifs is 1. The van der Waals surface area contributed by atoms with Crippen molar-refractivity contribution in [2.75, 3.05) is 18.5 Å². The summed E-state index contributed by atoms with van der Waals surface area (Å²) in [5, 5.41) is 5.44. The Hall–Kier alpha value is -4.72. The van der Waals surface area contributed by atoms with Gasteiger partial charge in [-0.3, -0.25) is 14.4 Å². The Morgan fingerprint density at radius 1 is 0.838 bits per heavy atom. The summed E-state index contributed by atoms with van der Waals surface area (Å²) in [6, 6.07) is 19.3. The quantitative estimate of drug-likeness (QED) is 0.367. The van der Waals surface area contributed by atoms with Crippen LogP contribution in [0.3, 0.4) is 0 Å². The number of para-hydroxylation sites is 2. The molecule has 0 spiro atoms. The van der Waals surface area contributed by atoms with E-state index in [9.17, 15) is 19.2 Å². The van der Waals surface area contributed by atoms with Gasteiger partial charge in [-0.25, -0.2) is 4.79 Å². The van der Waals surface area contributed by atoms with Crippen LogP contribution in [0, 0.1) is 20.8 Å². The van der Waals surface area contributed by atoms with Crippen molar-refractivity contribution < 1.29 is 23.5 Å². The first-order valence-corrected chi connectivity index (χ1v) is 11.7. The molecular formula is C29H26N2O6. The van der Waals surface area contributed by atoms with Gasteiger partial charge in [0.2, 0.25) is 5.91 Å². The maximum Gasteiger partial charge on any atom is 0.342 e. The van der Waals surface area contributed by atoms with Crippen LogP contribution in [0.5, 0.6) is 0 Å². The molecule has 2 N–H and O–H groups in total. The Morgan fingerprint density at radius 3 is 2.22 bits per heavy atom. The van der Waals surface area contributed by atoms with Crippen LogP contribution in [0.2, 0.25) is 0 Å². The molecule has 0 aliphatic rings. The number of amides is 2. The van der Waals surface area contributed by atoms with E-state index in [1.54, 1.807) is 31.2 Å². The minimum absolute atomic E-state index is 0.0207. The second kappa shape index (κ2) is 10.9. The number of hydrogen-bond acceptors (Lipinski definition) is 6. The lowest BCUT2D eigenvalue weighted by molar-refractivity contribution is -0.126. The number of carbonyl (C=O) groups excluding carboxylic acids is 3. The van der Waals surface area contributed by atoms with Gasteiger partial charge in [-0.2, -0.15) is 0 Å². The molecular weight excluding hydrogens is 472 g/mol. The molecule has 2 amide bonds. The topological polar surface area (TPSA) is 115 Å². The van der Waals surface area contributed by atoms with Crippen molar-refractivity contribution >= 4 is 34.4 Å². The van der Waals surface area contributed by atoms with Gasteiger partial charge in [-0.05, 0) is 44.0 Å². The number of rotatable bonds is 7. The molecule has 1 aromatic heterocycles. The maximum atomic E-state index is 13.0. The highest BCUT2D eigenvalue weighted by atomic mass is 16.5. The molecule has 0 bridgehead atoms. The van der Waals surface area contributed by atoms with E-state index in [4.69, 9.17) is 9.15 Å². The van der Waals surface area contributed by atoms with Crippen LogP contribution in [-0.4, -0.2) is 30.9 Å². The average molecular weight is 499 g/mol. The highest BCUT2D eigenvalue weighted by molar-refractivity contribution is 6.03. The number of nitrogens with one attached hydrogen (secondary N) is 2. The first kappa shape index (κ1) is 25.4. The number of benzene rings is 3. The van der Waals surface area contributed by atoms with E-state index in [-0.39, 0.29) is 28.5 Å². The van der Waals surface area contributed by atoms with Crippen molar-refractivity contribution in [1.82, 2.24) is 5.32 Å². The lowest BCUT2D eigenvalue weighted by Gasteiger charge is -2.12. The van der Waals surface area contributed by atoms with Crippen molar-refractivity contribution in [1.29, 1.82) is 0 Å². The van der Waals surface area contributed by atoms with Crippen LogP contribution in [0.4, 0.5) is 5.69 Å². The molecule has 0 saturated heterocycles. The zero-order valence-corrected chi connectivity index (χ0v) is 20.7. The van der Waals surface area contributed by atoms with Crippen LogP contribution in [-0.2, 0) is 14.3 Å². The molecule has 0 aliphatic heterocycles. The molecule has 0 atom stereocenters. The van der Waals surface area contributed by atoms with Gasteiger partial charge in [0.15, 0.2) is 17.6 Å². The fourth-order valence-electron chi connectivity index (χ4n) is 3.97. The van der Waals surface area contributed by atoms with Crippen molar-refractivity contribution in [3.05, 3.63) is 99.2 Å². The summed E-state index contributed by atoms with van der Waals surface area (Å²) in [6.45, 7) is 4.53. The van der Waals surface area contributed by atoms with E-state index >= 15 is 0 Å². The highest BCUT2D eigenvalue weighted by Gasteiger charge is 2.20. The van der Waals surface area contributed by atoms with Gasteiger partial charge in [0.1, 0.15) is 11.3 Å². The largest absolute Gasteiger partial charge is 0.455 e. The van der Waals surface area contributed by atoms with Crippen molar-refractivity contribution in [2.24, 2.45) is 0 Å². The zero-order chi connectivity index (χ0) is 26.5. The molecule has 0 aliphatic carbocycles. The summed E-state index contributed by atoms with van der Waals surface area (Å²) in [4.78, 5) is 50.3. The number of aryl methyl sites for hydroxylation is 2. The van der Waals surface area contributed by atoms with Gasteiger partial charge in [-0.15, -0.1) is 0 Å². The van der Waals surface area contributed by atoms with E-state index in [0.29, 0.717) is 22.6 Å². The number of ether oxygens (including phenoxy) is 1. The van der Waals surface area contributed by atoms with Crippen molar-refractivity contribution in [3.8, 4) is 11.3 Å². The molecule has 0 unspecified atom stereocenters. The SMILES string of the molecule is Cc1cccc(C)c1NC(=O)CNC(=O)COC(=O)c1cccc2c(=O)c(C)c(-c3ccccc3)oc12. The second-order valence-corrected chi connectivity index (χ2v) is 8.60. The van der Waals surface area contributed by atoms with Crippen LogP contribution < -0.4 is 16.1 Å². The van der Waals surface area contributed by atoms with Gasteiger partial charge >= 0.3 is 5.97 Å². The molecule has 0 fully saturated rings. The van der Waals surface area contributed by atoms with E-state index in [1.165, 1.54) is 6.07 Å². The number of anilines is 1. The Bertz CT molecular complexity index is 1540. The van der Waals surface area contributed by atoms with Crippen LogP contribution in [0.25, 0.3) is 22.3 Å². The number of esters is 1. The van der Waals surface area contributed by atoms with Gasteiger partial charge in [0, 0.05) is 16.8 Å². The zero-order valence-electron chi connectivity index (χ0n) is 20.7. The summed E-state index contributed by atoms with van der Waals surface area (Å²) >= 11 is 0. The molecule has 3 aromatic carbocycles. The molecule has 0 radical (unpaired) electrons. The normalized spacial score (nSPS) is 10.7. The Balaban J connectivity index is 1.44. The average Bonchev–Trinajstić information content (AvgIpc) is 2.90. The third-order valence-electron chi connectivity index (χ3n) is 5.93. The van der Waals surface area contributed by atoms with E-state index in [1.807, 2.05) is 50.2 Å². The smallest absolute Gasteiger partial charge is 0.342 e. The monoisotopic (exact) mass is 498 g/mol. The van der Waals surface area contributed by atoms with Crippen LogP contribution >= 0.6 is 0 Å². The lowest BCUT2D eigenvalue weighted by atomic mass is 10.0. The molecule has 4 rings (SSSR count). The Kier molecular flexibility index (Phi) is 7.48. The first-order chi connectivity index (χ1) is 17.8. The molecule has 8 nitrogen and oxygen atoms in total. The predicted octanol–water partition coefficient (Wildman–Crippen LogP) is 4.30. The molecule has 0 saturated carbocycles. The second-order valence-electron chi connectivity index (χ2n) is 8.60. The molecule has 37 heavy (non-hydrogen) atoms. The summed E-state index contributed by atoms with van der Waals surface area (Å²) in [7, 11) is 0. The minimum atomic E-state index is -0.827. The van der Waals surface area contributed by atoms with E-state index in [0.717, 1.165) is 11.1 Å². The standard InChI is InChI=1S/C29H26N2O6/c1-17-9-7-10-18(2)25(17)31-23(32)15-30-24(33)16-36-29(35)22-14-8-13-21-26(34)19(3)27(37-28(21)22)20-11-5-4-6-12-20/h4-14H,15-16H2,1-3H3,(H,30,33)(H,31,32). The summed E-state index contributed by atoms with van der Waals surface area (Å²) in [5.41, 5.74) is 3.45. The molecule has 188 valence electrons. The van der Waals surface area contributed by atoms with Gasteiger partial charge in [0.25, 0.3) is 5.91 Å². The van der Waals surface area contributed by atoms with Crippen molar-refractivity contribution in [2.45, 2.75) is 20.8 Å². The fraction of sp³-hybridized carbons (Fsp3) is 0.172. The first-order valence-electron chi connectivity index (χ1n) is 11.7. The molecule has 4 aromatic rings. The molecule has 8 heteroatoms. The minimum Gasteiger partial charge on any atom is -0.455 e. The van der Waals surface area contributed by atoms with Gasteiger partial charge in [-0.1, -0.05) is 54.6 Å². The fourth-order valence-corrected chi connectivity index (χ4v) is 3.97. The highest BCUT2D eigenvalue weighted by Crippen LogP contribution is 2.27. The molecule has 1 heterocycles. The third-order valence-corrected chi connectivity index (χ3v) is 5.93. The summed E-state index contributed by atoms with van der Waals surface area (Å²) in [6.07, 6.45) is 0. The van der Waals surface area contributed by atoms with Crippen LogP contribution in [0.15, 0.2) is 75.9 Å². The third kappa shape index (κ3) is 5.59. The van der Waals surface area contributed by atoms with E-state index < -0.39 is 24.4 Å². The van der Waals surface area contributed by atoms with Crippen LogP contribution in [0.1, 0.15) is 27.0 Å². The number of carbonyl (C=O) groups is 3. The Labute approximate surface area is 213 Å². The van der Waals surface area contributed by atoms with Gasteiger partial charge in [0.05, 0.1) is 11.9 Å². The van der Waals surface area contributed by atoms with Crippen molar-refractivity contribution in [3.63, 3.8) is 0 Å². The summed E-state index contributed by atoms with van der Waals surface area (Å²) < 4.78 is 11.2. The number of hydrogen-bond donors (Lipinski definition) is 2. The lowest BCUT2D eigenvalue weighted by Crippen LogP contribution is -2.35. The van der Waals surface area contributed by atoms with E-state index in [2.05, 4.69) is 10.6 Å². The maximum absolute atomic E-state index is 13.0. The Morgan fingerprint density at radius 2 is 1.51 bits per heavy atom. The predicted molar refractivity (Wildman–Crippen MR) is 140 cm³/mol. The van der Waals surface area contributed by atoms with Gasteiger partial charge < -0.3 is 19.8 Å².